The van der Waals surface area contributed by atoms with Gasteiger partial charge in [0.2, 0.25) is 5.91 Å². The maximum absolute atomic E-state index is 11.9. The molecule has 1 heterocycles. The Labute approximate surface area is 89.5 Å². The molecule has 0 bridgehead atoms. The van der Waals surface area contributed by atoms with Gasteiger partial charge >= 0.3 is 0 Å². The number of amides is 1. The largest absolute Gasteiger partial charge is 0.396 e. The third-order valence-corrected chi connectivity index (χ3v) is 3.53. The van der Waals surface area contributed by atoms with Crippen molar-refractivity contribution >= 4 is 5.91 Å². The molecule has 4 nitrogen and oxygen atoms in total. The Balaban J connectivity index is 1.91. The van der Waals surface area contributed by atoms with Crippen molar-refractivity contribution < 1.29 is 9.90 Å². The van der Waals surface area contributed by atoms with Gasteiger partial charge in [-0.15, -0.1) is 0 Å². The molecule has 1 aliphatic carbocycles. The summed E-state index contributed by atoms with van der Waals surface area (Å²) in [5.41, 5.74) is -0.675. The first-order chi connectivity index (χ1) is 7.22. The molecule has 15 heavy (non-hydrogen) atoms. The minimum absolute atomic E-state index is 0.0152. The number of nitrogens with zero attached hydrogens (tertiary/aromatic N) is 2. The van der Waals surface area contributed by atoms with Gasteiger partial charge in [0.25, 0.3) is 0 Å². The Kier molecular flexibility index (Phi) is 2.66. The summed E-state index contributed by atoms with van der Waals surface area (Å²) in [6.07, 6.45) is 3.18. The number of likely N-dealkylation sites (tertiary alicyclic amines) is 1. The fourth-order valence-electron chi connectivity index (χ4n) is 2.12. The second-order valence-corrected chi connectivity index (χ2v) is 4.61. The summed E-state index contributed by atoms with van der Waals surface area (Å²) >= 11 is 0. The number of carbonyl (C=O) groups is 1. The third-order valence-electron chi connectivity index (χ3n) is 3.53. The van der Waals surface area contributed by atoms with Crippen molar-refractivity contribution in [2.24, 2.45) is 11.3 Å². The molecule has 1 aliphatic heterocycles. The van der Waals surface area contributed by atoms with Crippen molar-refractivity contribution in [2.75, 3.05) is 19.7 Å². The van der Waals surface area contributed by atoms with Crippen LogP contribution in [0.5, 0.6) is 0 Å². The van der Waals surface area contributed by atoms with Crippen LogP contribution in [0.2, 0.25) is 0 Å². The van der Waals surface area contributed by atoms with Gasteiger partial charge in [-0.3, -0.25) is 4.79 Å². The van der Waals surface area contributed by atoms with Crippen molar-refractivity contribution in [1.82, 2.24) is 4.90 Å². The standard InChI is InChI=1S/C11H16N2O2/c12-8-11(3-4-11)10(15)13-5-1-9(7-14)2-6-13/h9,14H,1-7H2. The number of hydrogen-bond donors (Lipinski definition) is 1. The zero-order chi connectivity index (χ0) is 10.9. The molecular weight excluding hydrogens is 192 g/mol. The Morgan fingerprint density at radius 2 is 2.07 bits per heavy atom. The predicted molar refractivity (Wildman–Crippen MR) is 53.7 cm³/mol. The van der Waals surface area contributed by atoms with Crippen LogP contribution in [0.1, 0.15) is 25.7 Å². The molecule has 2 rings (SSSR count). The summed E-state index contributed by atoms with van der Waals surface area (Å²) < 4.78 is 0. The first kappa shape index (κ1) is 10.4. The van der Waals surface area contributed by atoms with Gasteiger partial charge in [-0.2, -0.15) is 5.26 Å². The number of nitriles is 1. The fourth-order valence-corrected chi connectivity index (χ4v) is 2.12. The normalized spacial score (nSPS) is 24.7. The Hall–Kier alpha value is -1.08. The van der Waals surface area contributed by atoms with E-state index in [-0.39, 0.29) is 12.5 Å². The smallest absolute Gasteiger partial charge is 0.243 e. The molecule has 0 atom stereocenters. The van der Waals surface area contributed by atoms with Crippen molar-refractivity contribution in [3.8, 4) is 6.07 Å². The van der Waals surface area contributed by atoms with Crippen molar-refractivity contribution in [2.45, 2.75) is 25.7 Å². The minimum atomic E-state index is -0.675. The van der Waals surface area contributed by atoms with Gasteiger partial charge in [0.05, 0.1) is 6.07 Å². The van der Waals surface area contributed by atoms with Gasteiger partial charge in [-0.05, 0) is 31.6 Å². The highest BCUT2D eigenvalue weighted by Gasteiger charge is 2.52. The molecule has 0 radical (unpaired) electrons. The van der Waals surface area contributed by atoms with Crippen LogP contribution in [0, 0.1) is 22.7 Å². The molecule has 4 heteroatoms. The third kappa shape index (κ3) is 1.84. The zero-order valence-corrected chi connectivity index (χ0v) is 8.78. The Morgan fingerprint density at radius 1 is 1.47 bits per heavy atom. The van der Waals surface area contributed by atoms with Crippen LogP contribution in [-0.2, 0) is 4.79 Å². The molecule has 0 unspecified atom stereocenters. The average molecular weight is 208 g/mol. The van der Waals surface area contributed by atoms with Gasteiger partial charge in [0.15, 0.2) is 0 Å². The first-order valence-corrected chi connectivity index (χ1v) is 5.53. The van der Waals surface area contributed by atoms with Gasteiger partial charge in [-0.25, -0.2) is 0 Å². The van der Waals surface area contributed by atoms with Crippen molar-refractivity contribution in [3.63, 3.8) is 0 Å². The van der Waals surface area contributed by atoms with Gasteiger partial charge in [0, 0.05) is 19.7 Å². The lowest BCUT2D eigenvalue weighted by Gasteiger charge is -2.32. The lowest BCUT2D eigenvalue weighted by Crippen LogP contribution is -2.42. The molecule has 2 aliphatic rings. The second kappa shape index (κ2) is 3.82. The molecular formula is C11H16N2O2. The molecule has 0 aromatic heterocycles. The van der Waals surface area contributed by atoms with E-state index in [1.54, 1.807) is 4.90 Å². The number of aliphatic hydroxyl groups excluding tert-OH is 1. The topological polar surface area (TPSA) is 64.3 Å². The van der Waals surface area contributed by atoms with E-state index in [4.69, 9.17) is 10.4 Å². The Morgan fingerprint density at radius 3 is 2.47 bits per heavy atom. The van der Waals surface area contributed by atoms with Crippen molar-refractivity contribution in [3.05, 3.63) is 0 Å². The van der Waals surface area contributed by atoms with Crippen LogP contribution in [0.4, 0.5) is 0 Å². The van der Waals surface area contributed by atoms with E-state index in [1.165, 1.54) is 0 Å². The highest BCUT2D eigenvalue weighted by Crippen LogP contribution is 2.46. The lowest BCUT2D eigenvalue weighted by atomic mass is 9.96. The van der Waals surface area contributed by atoms with E-state index in [9.17, 15) is 4.79 Å². The first-order valence-electron chi connectivity index (χ1n) is 5.53. The minimum Gasteiger partial charge on any atom is -0.396 e. The summed E-state index contributed by atoms with van der Waals surface area (Å²) in [5, 5.41) is 17.9. The molecule has 1 saturated heterocycles. The quantitative estimate of drug-likeness (QED) is 0.719. The molecule has 0 spiro atoms. The molecule has 0 aromatic rings. The van der Waals surface area contributed by atoms with E-state index in [1.807, 2.05) is 0 Å². The second-order valence-electron chi connectivity index (χ2n) is 4.61. The maximum atomic E-state index is 11.9. The predicted octanol–water partition coefficient (Wildman–Crippen LogP) is 0.521. The average Bonchev–Trinajstić information content (AvgIpc) is 3.09. The lowest BCUT2D eigenvalue weighted by molar-refractivity contribution is -0.136. The van der Waals surface area contributed by atoms with Crippen molar-refractivity contribution in [1.29, 1.82) is 5.26 Å². The highest BCUT2D eigenvalue weighted by molar-refractivity contribution is 5.88. The molecule has 1 amide bonds. The number of aliphatic hydroxyl groups is 1. The molecule has 0 aromatic carbocycles. The SMILES string of the molecule is N#CC1(C(=O)N2CCC(CO)CC2)CC1. The summed E-state index contributed by atoms with van der Waals surface area (Å²) in [7, 11) is 0. The van der Waals surface area contributed by atoms with E-state index in [0.29, 0.717) is 19.0 Å². The van der Waals surface area contributed by atoms with Crippen LogP contribution in [-0.4, -0.2) is 35.6 Å². The summed E-state index contributed by atoms with van der Waals surface area (Å²) in [4.78, 5) is 13.7. The number of hydrogen-bond acceptors (Lipinski definition) is 3. The Bertz CT molecular complexity index is 296. The van der Waals surface area contributed by atoms with E-state index >= 15 is 0 Å². The molecule has 82 valence electrons. The summed E-state index contributed by atoms with van der Waals surface area (Å²) in [5.74, 6) is 0.354. The summed E-state index contributed by atoms with van der Waals surface area (Å²) in [6, 6.07) is 2.13. The van der Waals surface area contributed by atoms with E-state index < -0.39 is 5.41 Å². The zero-order valence-electron chi connectivity index (χ0n) is 8.78. The number of rotatable bonds is 2. The summed E-state index contributed by atoms with van der Waals surface area (Å²) in [6.45, 7) is 1.62. The van der Waals surface area contributed by atoms with Gasteiger partial charge in [0.1, 0.15) is 5.41 Å². The van der Waals surface area contributed by atoms with Gasteiger partial charge in [-0.1, -0.05) is 0 Å². The highest BCUT2D eigenvalue weighted by atomic mass is 16.3. The van der Waals surface area contributed by atoms with Gasteiger partial charge < -0.3 is 10.0 Å². The fraction of sp³-hybridized carbons (Fsp3) is 0.818. The van der Waals surface area contributed by atoms with Crippen LogP contribution < -0.4 is 0 Å². The van der Waals surface area contributed by atoms with E-state index in [2.05, 4.69) is 6.07 Å². The van der Waals surface area contributed by atoms with Crippen LogP contribution in [0.3, 0.4) is 0 Å². The van der Waals surface area contributed by atoms with Crippen LogP contribution in [0.15, 0.2) is 0 Å². The van der Waals surface area contributed by atoms with Crippen LogP contribution in [0.25, 0.3) is 0 Å². The molecule has 1 saturated carbocycles. The van der Waals surface area contributed by atoms with Crippen LogP contribution >= 0.6 is 0 Å². The molecule has 2 fully saturated rings. The van der Waals surface area contributed by atoms with E-state index in [0.717, 1.165) is 25.7 Å². The number of carbonyl (C=O) groups excluding carboxylic acids is 1. The maximum Gasteiger partial charge on any atom is 0.243 e. The monoisotopic (exact) mass is 208 g/mol. The molecule has 1 N–H and O–H groups in total. The number of piperidine rings is 1.